The van der Waals surface area contributed by atoms with Crippen LogP contribution in [0.2, 0.25) is 5.02 Å². The van der Waals surface area contributed by atoms with Crippen molar-refractivity contribution in [2.45, 2.75) is 17.9 Å². The molecule has 0 bridgehead atoms. The van der Waals surface area contributed by atoms with Crippen LogP contribution in [0.1, 0.15) is 12.0 Å². The largest absolute Gasteiger partial charge is 0.495 e. The zero-order valence-electron chi connectivity index (χ0n) is 11.5. The van der Waals surface area contributed by atoms with Gasteiger partial charge in [-0.3, -0.25) is 0 Å². The highest BCUT2D eigenvalue weighted by Crippen LogP contribution is 2.31. The minimum atomic E-state index is -3.66. The van der Waals surface area contributed by atoms with Crippen LogP contribution in [0, 0.1) is 0 Å². The van der Waals surface area contributed by atoms with Crippen molar-refractivity contribution in [3.63, 3.8) is 0 Å². The number of hydrogen-bond acceptors (Lipinski definition) is 5. The molecular formula is C12H19ClN2O3S2. The number of methoxy groups -OCH3 is 1. The zero-order valence-corrected chi connectivity index (χ0v) is 13.9. The number of sulfonamides is 1. The molecule has 0 spiro atoms. The van der Waals surface area contributed by atoms with Gasteiger partial charge in [0, 0.05) is 23.7 Å². The maximum atomic E-state index is 12.3. The fraction of sp³-hybridized carbons (Fsp3) is 0.500. The molecule has 0 heterocycles. The van der Waals surface area contributed by atoms with Crippen LogP contribution in [0.25, 0.3) is 0 Å². The number of ether oxygens (including phenoxy) is 1. The molecule has 0 aliphatic heterocycles. The van der Waals surface area contributed by atoms with E-state index in [1.807, 2.05) is 6.26 Å². The van der Waals surface area contributed by atoms with Crippen LogP contribution in [-0.2, 0) is 16.6 Å². The van der Waals surface area contributed by atoms with E-state index in [1.165, 1.54) is 13.2 Å². The summed E-state index contributed by atoms with van der Waals surface area (Å²) < 4.78 is 32.3. The van der Waals surface area contributed by atoms with Gasteiger partial charge in [0.05, 0.1) is 7.11 Å². The average Bonchev–Trinajstić information content (AvgIpc) is 2.42. The van der Waals surface area contributed by atoms with Crippen LogP contribution in [-0.4, -0.2) is 34.1 Å². The highest BCUT2D eigenvalue weighted by molar-refractivity contribution is 7.98. The van der Waals surface area contributed by atoms with E-state index in [0.29, 0.717) is 17.1 Å². The highest BCUT2D eigenvalue weighted by atomic mass is 35.5. The van der Waals surface area contributed by atoms with E-state index in [2.05, 4.69) is 4.72 Å². The Morgan fingerprint density at radius 3 is 2.70 bits per heavy atom. The molecule has 8 heteroatoms. The Hall–Kier alpha value is -0.470. The number of rotatable bonds is 8. The Kier molecular flexibility index (Phi) is 7.11. The molecule has 0 aromatic heterocycles. The van der Waals surface area contributed by atoms with E-state index >= 15 is 0 Å². The summed E-state index contributed by atoms with van der Waals surface area (Å²) in [6.45, 7) is 0.523. The van der Waals surface area contributed by atoms with Crippen molar-refractivity contribution < 1.29 is 13.2 Å². The molecule has 3 N–H and O–H groups in total. The van der Waals surface area contributed by atoms with Gasteiger partial charge in [0.1, 0.15) is 10.6 Å². The van der Waals surface area contributed by atoms with E-state index < -0.39 is 10.0 Å². The molecule has 0 aliphatic carbocycles. The predicted molar refractivity (Wildman–Crippen MR) is 84.1 cm³/mol. The van der Waals surface area contributed by atoms with Gasteiger partial charge in [-0.1, -0.05) is 11.6 Å². The maximum Gasteiger partial charge on any atom is 0.244 e. The third-order valence-electron chi connectivity index (χ3n) is 2.63. The van der Waals surface area contributed by atoms with E-state index in [0.717, 1.165) is 12.2 Å². The number of thioether (sulfide) groups is 1. The molecule has 0 saturated heterocycles. The Morgan fingerprint density at radius 1 is 1.45 bits per heavy atom. The normalized spacial score (nSPS) is 11.6. The molecule has 1 aromatic carbocycles. The van der Waals surface area contributed by atoms with Gasteiger partial charge in [-0.2, -0.15) is 11.8 Å². The van der Waals surface area contributed by atoms with Crippen LogP contribution in [0.3, 0.4) is 0 Å². The molecule has 1 aromatic rings. The molecular weight excluding hydrogens is 320 g/mol. The first-order valence-electron chi connectivity index (χ1n) is 6.01. The van der Waals surface area contributed by atoms with Crippen LogP contribution < -0.4 is 15.2 Å². The van der Waals surface area contributed by atoms with Gasteiger partial charge in [-0.25, -0.2) is 13.1 Å². The third-order valence-corrected chi connectivity index (χ3v) is 5.01. The maximum absolute atomic E-state index is 12.3. The first-order chi connectivity index (χ1) is 9.46. The Bertz CT molecular complexity index is 550. The SMILES string of the molecule is COc1c(CN)cc(Cl)cc1S(=O)(=O)NCCCSC. The first-order valence-corrected chi connectivity index (χ1v) is 9.26. The van der Waals surface area contributed by atoms with E-state index in [1.54, 1.807) is 17.8 Å². The van der Waals surface area contributed by atoms with Gasteiger partial charge >= 0.3 is 0 Å². The molecule has 5 nitrogen and oxygen atoms in total. The Balaban J connectivity index is 3.07. The Labute approximate surface area is 129 Å². The van der Waals surface area contributed by atoms with Crippen LogP contribution in [0.15, 0.2) is 17.0 Å². The summed E-state index contributed by atoms with van der Waals surface area (Å²) in [5.41, 5.74) is 6.15. The Morgan fingerprint density at radius 2 is 2.15 bits per heavy atom. The monoisotopic (exact) mass is 338 g/mol. The van der Waals surface area contributed by atoms with Gasteiger partial charge in [0.2, 0.25) is 10.0 Å². The number of hydrogen-bond donors (Lipinski definition) is 2. The topological polar surface area (TPSA) is 81.4 Å². The molecule has 0 unspecified atom stereocenters. The van der Waals surface area contributed by atoms with Crippen LogP contribution in [0.5, 0.6) is 5.75 Å². The molecule has 0 aliphatic rings. The number of nitrogens with one attached hydrogen (secondary N) is 1. The summed E-state index contributed by atoms with van der Waals surface area (Å²) in [7, 11) is -2.25. The summed E-state index contributed by atoms with van der Waals surface area (Å²) in [6, 6.07) is 2.98. The lowest BCUT2D eigenvalue weighted by atomic mass is 10.2. The molecule has 114 valence electrons. The van der Waals surface area contributed by atoms with Crippen LogP contribution >= 0.6 is 23.4 Å². The van der Waals surface area contributed by atoms with Gasteiger partial charge < -0.3 is 10.5 Å². The summed E-state index contributed by atoms with van der Waals surface area (Å²) in [4.78, 5) is 0.0251. The molecule has 0 fully saturated rings. The van der Waals surface area contributed by atoms with Gasteiger partial charge in [0.15, 0.2) is 0 Å². The predicted octanol–water partition coefficient (Wildman–Crippen LogP) is 1.84. The summed E-state index contributed by atoms with van der Waals surface area (Å²) in [5.74, 6) is 1.14. The van der Waals surface area contributed by atoms with Gasteiger partial charge in [-0.15, -0.1) is 0 Å². The minimum absolute atomic E-state index is 0.0251. The summed E-state index contributed by atoms with van der Waals surface area (Å²) in [6.07, 6.45) is 2.73. The highest BCUT2D eigenvalue weighted by Gasteiger charge is 2.22. The lowest BCUT2D eigenvalue weighted by Gasteiger charge is -2.14. The van der Waals surface area contributed by atoms with Crippen molar-refractivity contribution in [1.29, 1.82) is 0 Å². The van der Waals surface area contributed by atoms with Gasteiger partial charge in [-0.05, 0) is 30.6 Å². The minimum Gasteiger partial charge on any atom is -0.495 e. The van der Waals surface area contributed by atoms with E-state index in [4.69, 9.17) is 22.1 Å². The van der Waals surface area contributed by atoms with Gasteiger partial charge in [0.25, 0.3) is 0 Å². The lowest BCUT2D eigenvalue weighted by Crippen LogP contribution is -2.26. The summed E-state index contributed by atoms with van der Waals surface area (Å²) in [5, 5.41) is 0.315. The third kappa shape index (κ3) is 4.53. The zero-order chi connectivity index (χ0) is 15.2. The molecule has 1 rings (SSSR count). The van der Waals surface area contributed by atoms with E-state index in [9.17, 15) is 8.42 Å². The second-order valence-corrected chi connectivity index (χ2v) is 7.20. The van der Waals surface area contributed by atoms with Crippen LogP contribution in [0.4, 0.5) is 0 Å². The quantitative estimate of drug-likeness (QED) is 0.707. The molecule has 0 radical (unpaired) electrons. The average molecular weight is 339 g/mol. The van der Waals surface area contributed by atoms with E-state index in [-0.39, 0.29) is 17.2 Å². The summed E-state index contributed by atoms with van der Waals surface area (Å²) >= 11 is 7.61. The first kappa shape index (κ1) is 17.6. The second kappa shape index (κ2) is 8.09. The number of nitrogens with two attached hydrogens (primary N) is 1. The number of benzene rings is 1. The van der Waals surface area contributed by atoms with Crippen molar-refractivity contribution >= 4 is 33.4 Å². The molecule has 20 heavy (non-hydrogen) atoms. The fourth-order valence-corrected chi connectivity index (χ4v) is 3.75. The second-order valence-electron chi connectivity index (χ2n) is 4.04. The smallest absolute Gasteiger partial charge is 0.244 e. The molecule has 0 atom stereocenters. The fourth-order valence-electron chi connectivity index (χ4n) is 1.71. The molecule has 0 amide bonds. The van der Waals surface area contributed by atoms with Crippen molar-refractivity contribution in [2.24, 2.45) is 5.73 Å². The molecule has 0 saturated carbocycles. The lowest BCUT2D eigenvalue weighted by molar-refractivity contribution is 0.397. The standard InChI is InChI=1S/C12H19ClN2O3S2/c1-18-12-9(8-14)6-10(13)7-11(12)20(16,17)15-4-3-5-19-2/h6-7,15H,3-5,8,14H2,1-2H3. The van der Waals surface area contributed by atoms with Crippen molar-refractivity contribution in [2.75, 3.05) is 25.7 Å². The van der Waals surface area contributed by atoms with Crippen molar-refractivity contribution in [3.05, 3.63) is 22.7 Å². The van der Waals surface area contributed by atoms with Crippen molar-refractivity contribution in [3.8, 4) is 5.75 Å². The number of halogens is 1. The van der Waals surface area contributed by atoms with Crippen molar-refractivity contribution in [1.82, 2.24) is 4.72 Å².